The molecule has 0 atom stereocenters. The summed E-state index contributed by atoms with van der Waals surface area (Å²) in [6, 6.07) is 0. The molecule has 0 aliphatic heterocycles. The Morgan fingerprint density at radius 2 is 1.92 bits per heavy atom. The Hall–Kier alpha value is -0.900. The number of amides is 1. The number of carbonyl (C=O) groups is 2. The second-order valence-corrected chi connectivity index (χ2v) is 2.52. The molecule has 0 aliphatic rings. The lowest BCUT2D eigenvalue weighted by Crippen LogP contribution is -2.25. The predicted octanol–water partition coefficient (Wildman–Crippen LogP) is -0.309. The first-order valence-corrected chi connectivity index (χ1v) is 4.13. The molecule has 0 aromatic carbocycles. The van der Waals surface area contributed by atoms with E-state index in [1.54, 1.807) is 7.05 Å². The normalized spacial score (nSPS) is 9.50. The minimum absolute atomic E-state index is 0.0537. The first-order chi connectivity index (χ1) is 5.70. The fourth-order valence-electron chi connectivity index (χ4n) is 0.824. The largest absolute Gasteiger partial charge is 0.356 e. The Morgan fingerprint density at radius 1 is 1.25 bits per heavy atom. The minimum Gasteiger partial charge on any atom is -0.356 e. The van der Waals surface area contributed by atoms with Crippen LogP contribution in [0.5, 0.6) is 0 Å². The molecule has 0 spiro atoms. The van der Waals surface area contributed by atoms with E-state index in [0.717, 1.165) is 0 Å². The van der Waals surface area contributed by atoms with E-state index in [2.05, 4.69) is 10.6 Å². The van der Waals surface area contributed by atoms with Crippen molar-refractivity contribution in [2.75, 3.05) is 20.1 Å². The zero-order chi connectivity index (χ0) is 9.40. The number of Topliss-reactive ketones (excluding diaryl/α,β-unsaturated/α-hetero) is 1. The van der Waals surface area contributed by atoms with Gasteiger partial charge < -0.3 is 10.6 Å². The molecule has 12 heavy (non-hydrogen) atoms. The van der Waals surface area contributed by atoms with Crippen LogP contribution in [0.1, 0.15) is 19.8 Å². The molecule has 4 heteroatoms. The Kier molecular flexibility index (Phi) is 6.28. The van der Waals surface area contributed by atoms with E-state index in [9.17, 15) is 9.59 Å². The van der Waals surface area contributed by atoms with Crippen LogP contribution >= 0.6 is 0 Å². The van der Waals surface area contributed by atoms with Crippen molar-refractivity contribution < 1.29 is 9.59 Å². The highest BCUT2D eigenvalue weighted by molar-refractivity contribution is 5.85. The maximum Gasteiger partial charge on any atom is 0.220 e. The summed E-state index contributed by atoms with van der Waals surface area (Å²) in [5.74, 6) is 0.0192. The van der Waals surface area contributed by atoms with Gasteiger partial charge in [0.1, 0.15) is 5.78 Å². The van der Waals surface area contributed by atoms with E-state index in [-0.39, 0.29) is 11.7 Å². The summed E-state index contributed by atoms with van der Waals surface area (Å²) in [5.41, 5.74) is 0. The maximum atomic E-state index is 10.9. The zero-order valence-corrected chi connectivity index (χ0v) is 7.64. The molecule has 1 amide bonds. The lowest BCUT2D eigenvalue weighted by Gasteiger charge is -2.00. The number of hydrogen-bond acceptors (Lipinski definition) is 3. The fourth-order valence-corrected chi connectivity index (χ4v) is 0.824. The van der Waals surface area contributed by atoms with E-state index in [1.807, 2.05) is 6.92 Å². The summed E-state index contributed by atoms with van der Waals surface area (Å²) in [6.45, 7) is 2.83. The first kappa shape index (κ1) is 11.1. The van der Waals surface area contributed by atoms with Gasteiger partial charge >= 0.3 is 0 Å². The molecule has 4 nitrogen and oxygen atoms in total. The second kappa shape index (κ2) is 6.79. The summed E-state index contributed by atoms with van der Waals surface area (Å²) in [4.78, 5) is 21.8. The quantitative estimate of drug-likeness (QED) is 0.578. The van der Waals surface area contributed by atoms with E-state index < -0.39 is 0 Å². The van der Waals surface area contributed by atoms with Crippen molar-refractivity contribution in [1.82, 2.24) is 10.6 Å². The Balaban J connectivity index is 3.40. The van der Waals surface area contributed by atoms with Gasteiger partial charge in [0.2, 0.25) is 5.91 Å². The molecule has 0 aromatic rings. The van der Waals surface area contributed by atoms with Crippen molar-refractivity contribution in [3.63, 3.8) is 0 Å². The van der Waals surface area contributed by atoms with Gasteiger partial charge in [-0.05, 0) is 14.0 Å². The van der Waals surface area contributed by atoms with Gasteiger partial charge in [-0.1, -0.05) is 0 Å². The van der Waals surface area contributed by atoms with Crippen molar-refractivity contribution >= 4 is 11.7 Å². The third-order valence-corrected chi connectivity index (χ3v) is 1.38. The summed E-state index contributed by atoms with van der Waals surface area (Å²) < 4.78 is 0. The third-order valence-electron chi connectivity index (χ3n) is 1.38. The maximum absolute atomic E-state index is 10.9. The van der Waals surface area contributed by atoms with Crippen LogP contribution < -0.4 is 10.6 Å². The number of ketones is 1. The summed E-state index contributed by atoms with van der Waals surface area (Å²) in [6.07, 6.45) is 0.626. The highest BCUT2D eigenvalue weighted by Crippen LogP contribution is 1.89. The number of nitrogens with one attached hydrogen (secondary N) is 2. The fraction of sp³-hybridized carbons (Fsp3) is 0.750. The SMILES string of the molecule is CCNC(=O)CCC(=O)CNC. The van der Waals surface area contributed by atoms with Crippen LogP contribution in [0.3, 0.4) is 0 Å². The highest BCUT2D eigenvalue weighted by atomic mass is 16.2. The van der Waals surface area contributed by atoms with Crippen LogP contribution in [-0.4, -0.2) is 31.8 Å². The molecule has 0 aromatic heterocycles. The number of carbonyl (C=O) groups excluding carboxylic acids is 2. The second-order valence-electron chi connectivity index (χ2n) is 2.52. The third kappa shape index (κ3) is 5.85. The molecule has 0 radical (unpaired) electrons. The number of hydrogen-bond donors (Lipinski definition) is 2. The van der Waals surface area contributed by atoms with Crippen molar-refractivity contribution in [1.29, 1.82) is 0 Å². The molecule has 0 unspecified atom stereocenters. The Bertz CT molecular complexity index is 139. The van der Waals surface area contributed by atoms with Gasteiger partial charge in [-0.3, -0.25) is 9.59 Å². The number of likely N-dealkylation sites (N-methyl/N-ethyl adjacent to an activating group) is 1. The molecular formula is C8H16N2O2. The Morgan fingerprint density at radius 3 is 2.42 bits per heavy atom. The van der Waals surface area contributed by atoms with Crippen LogP contribution in [0.4, 0.5) is 0 Å². The summed E-state index contributed by atoms with van der Waals surface area (Å²) in [7, 11) is 1.71. The van der Waals surface area contributed by atoms with Gasteiger partial charge in [-0.2, -0.15) is 0 Å². The van der Waals surface area contributed by atoms with Gasteiger partial charge in [0.05, 0.1) is 6.54 Å². The van der Waals surface area contributed by atoms with Gasteiger partial charge in [-0.15, -0.1) is 0 Å². The topological polar surface area (TPSA) is 58.2 Å². The van der Waals surface area contributed by atoms with Crippen LogP contribution in [0.25, 0.3) is 0 Å². The lowest BCUT2D eigenvalue weighted by molar-refractivity contribution is -0.125. The lowest BCUT2D eigenvalue weighted by atomic mass is 10.2. The molecule has 0 saturated heterocycles. The molecule has 0 saturated carbocycles. The summed E-state index contributed by atoms with van der Waals surface area (Å²) >= 11 is 0. The Labute approximate surface area is 72.7 Å². The molecule has 0 bridgehead atoms. The van der Waals surface area contributed by atoms with E-state index in [0.29, 0.717) is 25.9 Å². The molecule has 0 aliphatic carbocycles. The van der Waals surface area contributed by atoms with Crippen molar-refractivity contribution in [3.05, 3.63) is 0 Å². The summed E-state index contributed by atoms with van der Waals surface area (Å²) in [5, 5.41) is 5.37. The number of rotatable bonds is 6. The molecular weight excluding hydrogens is 156 g/mol. The zero-order valence-electron chi connectivity index (χ0n) is 7.64. The van der Waals surface area contributed by atoms with E-state index >= 15 is 0 Å². The molecule has 70 valence electrons. The monoisotopic (exact) mass is 172 g/mol. The first-order valence-electron chi connectivity index (χ1n) is 4.13. The van der Waals surface area contributed by atoms with Gasteiger partial charge in [0.15, 0.2) is 0 Å². The highest BCUT2D eigenvalue weighted by Gasteiger charge is 2.04. The van der Waals surface area contributed by atoms with Gasteiger partial charge in [0.25, 0.3) is 0 Å². The van der Waals surface area contributed by atoms with Crippen LogP contribution in [0.15, 0.2) is 0 Å². The van der Waals surface area contributed by atoms with E-state index in [4.69, 9.17) is 0 Å². The van der Waals surface area contributed by atoms with E-state index in [1.165, 1.54) is 0 Å². The van der Waals surface area contributed by atoms with Crippen LogP contribution in [0.2, 0.25) is 0 Å². The van der Waals surface area contributed by atoms with Gasteiger partial charge in [-0.25, -0.2) is 0 Å². The van der Waals surface area contributed by atoms with Gasteiger partial charge in [0, 0.05) is 19.4 Å². The molecule has 0 heterocycles. The smallest absolute Gasteiger partial charge is 0.220 e. The molecule has 0 fully saturated rings. The van der Waals surface area contributed by atoms with Crippen LogP contribution in [0, 0.1) is 0 Å². The van der Waals surface area contributed by atoms with Crippen LogP contribution in [-0.2, 0) is 9.59 Å². The predicted molar refractivity (Wildman–Crippen MR) is 46.9 cm³/mol. The van der Waals surface area contributed by atoms with Crippen molar-refractivity contribution in [3.8, 4) is 0 Å². The minimum atomic E-state index is -0.0537. The standard InChI is InChI=1S/C8H16N2O2/c1-3-10-8(12)5-4-7(11)6-9-2/h9H,3-6H2,1-2H3,(H,10,12). The average molecular weight is 172 g/mol. The molecule has 0 rings (SSSR count). The molecule has 2 N–H and O–H groups in total. The average Bonchev–Trinajstić information content (AvgIpc) is 2.02. The van der Waals surface area contributed by atoms with Crippen molar-refractivity contribution in [2.24, 2.45) is 0 Å². The van der Waals surface area contributed by atoms with Crippen molar-refractivity contribution in [2.45, 2.75) is 19.8 Å².